The van der Waals surface area contributed by atoms with Gasteiger partial charge in [-0.15, -0.1) is 0 Å². The third-order valence-electron chi connectivity index (χ3n) is 2.93. The zero-order valence-electron chi connectivity index (χ0n) is 12.0. The minimum Gasteiger partial charge on any atom is -0.378 e. The normalized spacial score (nSPS) is 10.6. The molecule has 0 atom stereocenters. The second kappa shape index (κ2) is 6.63. The monoisotopic (exact) mass is 289 g/mol. The van der Waals surface area contributed by atoms with Crippen LogP contribution in [-0.4, -0.2) is 30.7 Å². The number of ether oxygens (including phenoxy) is 1. The highest BCUT2D eigenvalue weighted by molar-refractivity contribution is 7.71. The Morgan fingerprint density at radius 1 is 1.25 bits per heavy atom. The molecule has 5 heteroatoms. The van der Waals surface area contributed by atoms with Crippen LogP contribution < -0.4 is 4.90 Å². The number of benzene rings is 1. The zero-order chi connectivity index (χ0) is 14.5. The van der Waals surface area contributed by atoms with Gasteiger partial charge in [-0.05, 0) is 30.7 Å². The molecule has 4 nitrogen and oxygen atoms in total. The Hall–Kier alpha value is -1.72. The highest BCUT2D eigenvalue weighted by Gasteiger charge is 2.03. The van der Waals surface area contributed by atoms with E-state index < -0.39 is 0 Å². The van der Waals surface area contributed by atoms with Crippen LogP contribution in [0.3, 0.4) is 0 Å². The number of hydrogen-bond acceptors (Lipinski definition) is 4. The summed E-state index contributed by atoms with van der Waals surface area (Å²) in [6.45, 7) is 3.06. The predicted octanol–water partition coefficient (Wildman–Crippen LogP) is 3.41. The van der Waals surface area contributed by atoms with Crippen LogP contribution in [0.5, 0.6) is 0 Å². The molecule has 0 bridgehead atoms. The van der Waals surface area contributed by atoms with E-state index in [1.807, 2.05) is 27.1 Å². The second-order valence-corrected chi connectivity index (χ2v) is 5.08. The van der Waals surface area contributed by atoms with E-state index in [0.717, 1.165) is 22.8 Å². The van der Waals surface area contributed by atoms with E-state index >= 15 is 0 Å². The average Bonchev–Trinajstić information content (AvgIpc) is 2.44. The van der Waals surface area contributed by atoms with E-state index in [2.05, 4.69) is 39.1 Å². The lowest BCUT2D eigenvalue weighted by Crippen LogP contribution is -2.08. The lowest BCUT2D eigenvalue weighted by Gasteiger charge is -2.13. The van der Waals surface area contributed by atoms with Crippen LogP contribution in [0.1, 0.15) is 12.7 Å². The van der Waals surface area contributed by atoms with E-state index in [1.54, 1.807) is 0 Å². The highest BCUT2D eigenvalue weighted by atomic mass is 32.1. The van der Waals surface area contributed by atoms with Gasteiger partial charge in [-0.2, -0.15) is 0 Å². The van der Waals surface area contributed by atoms with Gasteiger partial charge >= 0.3 is 0 Å². The molecule has 0 unspecified atom stereocenters. The molecule has 1 aromatic heterocycles. The number of nitrogens with zero attached hydrogens (tertiary/aromatic N) is 2. The summed E-state index contributed by atoms with van der Waals surface area (Å²) in [7, 11) is 4.05. The number of hydrogen-bond donors (Lipinski definition) is 1. The van der Waals surface area contributed by atoms with Gasteiger partial charge in [0.05, 0.1) is 0 Å². The molecule has 0 fully saturated rings. The Bertz CT molecular complexity index is 620. The van der Waals surface area contributed by atoms with Crippen molar-refractivity contribution in [1.29, 1.82) is 0 Å². The van der Waals surface area contributed by atoms with Gasteiger partial charge in [-0.3, -0.25) is 0 Å². The lowest BCUT2D eigenvalue weighted by atomic mass is 10.1. The summed E-state index contributed by atoms with van der Waals surface area (Å²) in [5.41, 5.74) is 3.21. The van der Waals surface area contributed by atoms with E-state index in [4.69, 9.17) is 17.0 Å². The van der Waals surface area contributed by atoms with Crippen molar-refractivity contribution in [3.05, 3.63) is 40.8 Å². The van der Waals surface area contributed by atoms with E-state index in [0.29, 0.717) is 17.9 Å². The summed E-state index contributed by atoms with van der Waals surface area (Å²) in [5, 5.41) is 0. The molecular weight excluding hydrogens is 270 g/mol. The third-order valence-corrected chi connectivity index (χ3v) is 3.14. The van der Waals surface area contributed by atoms with Crippen LogP contribution in [0, 0.1) is 4.64 Å². The fraction of sp³-hybridized carbons (Fsp3) is 0.333. The molecule has 0 spiro atoms. The number of H-pyrrole nitrogens is 1. The van der Waals surface area contributed by atoms with Crippen LogP contribution in [0.15, 0.2) is 30.3 Å². The third kappa shape index (κ3) is 3.65. The van der Waals surface area contributed by atoms with Crippen molar-refractivity contribution in [3.63, 3.8) is 0 Å². The Morgan fingerprint density at radius 2 is 1.95 bits per heavy atom. The molecule has 0 aliphatic heterocycles. The Kier molecular flexibility index (Phi) is 4.87. The minimum atomic E-state index is 0.448. The molecule has 2 aromatic rings. The molecule has 0 radical (unpaired) electrons. The van der Waals surface area contributed by atoms with Gasteiger partial charge in [-0.25, -0.2) is 4.98 Å². The molecule has 0 saturated heterocycles. The van der Waals surface area contributed by atoms with Crippen molar-refractivity contribution in [2.75, 3.05) is 25.6 Å². The number of nitrogens with one attached hydrogen (secondary N) is 1. The Morgan fingerprint density at radius 3 is 2.55 bits per heavy atom. The standard InChI is InChI=1S/C15H19N3OS/c1-4-19-10-14-16-13(9-15(20)17-14)11-5-7-12(8-6-11)18(2)3/h5-9H,4,10H2,1-3H3,(H,16,17,20). The van der Waals surface area contributed by atoms with Gasteiger partial charge in [0.1, 0.15) is 17.1 Å². The van der Waals surface area contributed by atoms with Crippen LogP contribution in [0.2, 0.25) is 0 Å². The number of aromatic amines is 1. The maximum Gasteiger partial charge on any atom is 0.134 e. The molecule has 1 aromatic carbocycles. The molecule has 1 heterocycles. The van der Waals surface area contributed by atoms with Crippen LogP contribution in [0.4, 0.5) is 5.69 Å². The SMILES string of the molecule is CCOCc1nc(=S)cc(-c2ccc(N(C)C)cc2)[nH]1. The molecule has 106 valence electrons. The topological polar surface area (TPSA) is 41.1 Å². The fourth-order valence-corrected chi connectivity index (χ4v) is 2.10. The molecule has 0 saturated carbocycles. The summed E-state index contributed by atoms with van der Waals surface area (Å²) >= 11 is 5.21. The largest absolute Gasteiger partial charge is 0.378 e. The summed E-state index contributed by atoms with van der Waals surface area (Å²) in [5.74, 6) is 0.756. The molecule has 1 N–H and O–H groups in total. The summed E-state index contributed by atoms with van der Waals surface area (Å²) in [6.07, 6.45) is 0. The predicted molar refractivity (Wildman–Crippen MR) is 84.5 cm³/mol. The maximum absolute atomic E-state index is 5.37. The fourth-order valence-electron chi connectivity index (χ4n) is 1.87. The van der Waals surface area contributed by atoms with Gasteiger partial charge in [0.25, 0.3) is 0 Å². The summed E-state index contributed by atoms with van der Waals surface area (Å²) in [6, 6.07) is 10.2. The van der Waals surface area contributed by atoms with Crippen LogP contribution in [0.25, 0.3) is 11.3 Å². The van der Waals surface area contributed by atoms with Crippen molar-refractivity contribution < 1.29 is 4.74 Å². The van der Waals surface area contributed by atoms with Crippen molar-refractivity contribution in [3.8, 4) is 11.3 Å². The van der Waals surface area contributed by atoms with Crippen molar-refractivity contribution in [1.82, 2.24) is 9.97 Å². The van der Waals surface area contributed by atoms with Crippen molar-refractivity contribution in [2.24, 2.45) is 0 Å². The highest BCUT2D eigenvalue weighted by Crippen LogP contribution is 2.21. The molecule has 0 aliphatic rings. The zero-order valence-corrected chi connectivity index (χ0v) is 12.8. The first kappa shape index (κ1) is 14.7. The van der Waals surface area contributed by atoms with Crippen LogP contribution in [-0.2, 0) is 11.3 Å². The molecule has 20 heavy (non-hydrogen) atoms. The van der Waals surface area contributed by atoms with Crippen molar-refractivity contribution >= 4 is 17.9 Å². The lowest BCUT2D eigenvalue weighted by molar-refractivity contribution is 0.128. The molecule has 0 amide bonds. The molecule has 0 aliphatic carbocycles. The first-order valence-electron chi connectivity index (χ1n) is 6.56. The summed E-state index contributed by atoms with van der Waals surface area (Å²) in [4.78, 5) is 9.61. The minimum absolute atomic E-state index is 0.448. The number of aromatic nitrogens is 2. The first-order chi connectivity index (χ1) is 9.60. The van der Waals surface area contributed by atoms with E-state index in [9.17, 15) is 0 Å². The smallest absolute Gasteiger partial charge is 0.134 e. The Labute approximate surface area is 124 Å². The molecule has 2 rings (SSSR count). The van der Waals surface area contributed by atoms with Crippen LogP contribution >= 0.6 is 12.2 Å². The second-order valence-electron chi connectivity index (χ2n) is 4.66. The average molecular weight is 289 g/mol. The van der Waals surface area contributed by atoms with Crippen molar-refractivity contribution in [2.45, 2.75) is 13.5 Å². The Balaban J connectivity index is 2.31. The van der Waals surface area contributed by atoms with Gasteiger partial charge < -0.3 is 14.6 Å². The quantitative estimate of drug-likeness (QED) is 0.856. The number of anilines is 1. The number of rotatable bonds is 5. The summed E-state index contributed by atoms with van der Waals surface area (Å²) < 4.78 is 5.94. The van der Waals surface area contributed by atoms with Gasteiger partial charge in [0.2, 0.25) is 0 Å². The van der Waals surface area contributed by atoms with Gasteiger partial charge in [-0.1, -0.05) is 24.4 Å². The van der Waals surface area contributed by atoms with Gasteiger partial charge in [0, 0.05) is 32.1 Å². The molecular formula is C15H19N3OS. The van der Waals surface area contributed by atoms with Gasteiger partial charge in [0.15, 0.2) is 0 Å². The first-order valence-corrected chi connectivity index (χ1v) is 6.96. The van der Waals surface area contributed by atoms with E-state index in [1.165, 1.54) is 0 Å². The van der Waals surface area contributed by atoms with E-state index in [-0.39, 0.29) is 0 Å². The maximum atomic E-state index is 5.37.